The maximum atomic E-state index is 12.1. The Morgan fingerprint density at radius 2 is 1.91 bits per heavy atom. The molecular weight excluding hydrogens is 592 g/mol. The Morgan fingerprint density at radius 3 is 2.58 bits per heavy atom. The van der Waals surface area contributed by atoms with E-state index in [1.165, 1.54) is 19.1 Å². The number of aryl methyl sites for hydroxylation is 1. The number of rotatable bonds is 10. The maximum Gasteiger partial charge on any atom is 0.267 e. The number of thiophene rings is 1. The van der Waals surface area contributed by atoms with Gasteiger partial charge in [0.25, 0.3) is 10.1 Å². The van der Waals surface area contributed by atoms with Gasteiger partial charge in [-0.2, -0.15) is 23.6 Å². The van der Waals surface area contributed by atoms with Crippen LogP contribution in [0.4, 0.5) is 5.00 Å². The Labute approximate surface area is 254 Å². The maximum absolute atomic E-state index is 12.1. The van der Waals surface area contributed by atoms with E-state index in [0.717, 1.165) is 73.3 Å². The third-order valence-electron chi connectivity index (χ3n) is 8.54. The Bertz CT molecular complexity index is 1720. The first kappa shape index (κ1) is 29.5. The Kier molecular flexibility index (Phi) is 7.68. The highest BCUT2D eigenvalue weighted by atomic mass is 32.2. The molecule has 1 saturated carbocycles. The van der Waals surface area contributed by atoms with Gasteiger partial charge in [-0.1, -0.05) is 5.16 Å². The molecule has 0 bridgehead atoms. The van der Waals surface area contributed by atoms with Crippen molar-refractivity contribution in [2.45, 2.75) is 56.8 Å². The molecule has 3 aromatic rings. The zero-order chi connectivity index (χ0) is 30.4. The fourth-order valence-corrected chi connectivity index (χ4v) is 8.76. The van der Waals surface area contributed by atoms with Crippen LogP contribution < -0.4 is 9.47 Å². The van der Waals surface area contributed by atoms with Crippen LogP contribution in [-0.4, -0.2) is 75.5 Å². The molecule has 14 heteroatoms. The summed E-state index contributed by atoms with van der Waals surface area (Å²) in [5.41, 5.74) is 2.12. The average Bonchev–Trinajstić information content (AvgIpc) is 3.42. The van der Waals surface area contributed by atoms with Crippen molar-refractivity contribution in [1.29, 1.82) is 5.26 Å². The van der Waals surface area contributed by atoms with Crippen LogP contribution in [0.25, 0.3) is 11.5 Å². The van der Waals surface area contributed by atoms with Crippen LogP contribution in [0.5, 0.6) is 11.8 Å². The van der Waals surface area contributed by atoms with E-state index in [2.05, 4.69) is 30.4 Å². The van der Waals surface area contributed by atoms with Crippen molar-refractivity contribution in [3.8, 4) is 29.3 Å². The van der Waals surface area contributed by atoms with Crippen molar-refractivity contribution in [1.82, 2.24) is 20.0 Å². The molecule has 43 heavy (non-hydrogen) atoms. The van der Waals surface area contributed by atoms with E-state index in [9.17, 15) is 13.7 Å². The van der Waals surface area contributed by atoms with Crippen molar-refractivity contribution < 1.29 is 26.6 Å². The van der Waals surface area contributed by atoms with Gasteiger partial charge in [-0.25, -0.2) is 4.99 Å². The second kappa shape index (κ2) is 11.2. The summed E-state index contributed by atoms with van der Waals surface area (Å²) < 4.78 is 46.4. The lowest BCUT2D eigenvalue weighted by Gasteiger charge is -2.39. The van der Waals surface area contributed by atoms with E-state index >= 15 is 0 Å². The van der Waals surface area contributed by atoms with E-state index in [1.807, 2.05) is 19.0 Å². The number of fused-ring (bicyclic) bond motifs is 4. The molecule has 0 aromatic carbocycles. The summed E-state index contributed by atoms with van der Waals surface area (Å²) in [6, 6.07) is 4.03. The summed E-state index contributed by atoms with van der Waals surface area (Å²) in [6.07, 6.45) is 8.37. The van der Waals surface area contributed by atoms with E-state index in [4.69, 9.17) is 14.0 Å². The predicted octanol–water partition coefficient (Wildman–Crippen LogP) is 4.39. The number of hydrogen-bond acceptors (Lipinski definition) is 12. The average molecular weight is 627 g/mol. The predicted molar refractivity (Wildman–Crippen MR) is 160 cm³/mol. The molecule has 6 rings (SSSR count). The van der Waals surface area contributed by atoms with Crippen molar-refractivity contribution in [2.75, 3.05) is 40.7 Å². The Hall–Kier alpha value is -3.54. The molecule has 3 aromatic heterocycles. The molecule has 0 saturated heterocycles. The summed E-state index contributed by atoms with van der Waals surface area (Å²) in [7, 11) is 2.87. The quantitative estimate of drug-likeness (QED) is 0.179. The van der Waals surface area contributed by atoms with Crippen molar-refractivity contribution in [3.63, 3.8) is 0 Å². The molecule has 0 N–H and O–H groups in total. The second-order valence-corrected chi connectivity index (χ2v) is 14.6. The molecule has 0 unspecified atom stereocenters. The summed E-state index contributed by atoms with van der Waals surface area (Å²) in [5.74, 6) is 1.52. The highest BCUT2D eigenvalue weighted by Crippen LogP contribution is 2.56. The van der Waals surface area contributed by atoms with Gasteiger partial charge >= 0.3 is 0 Å². The molecule has 0 aliphatic heterocycles. The summed E-state index contributed by atoms with van der Waals surface area (Å²) in [4.78, 5) is 16.9. The van der Waals surface area contributed by atoms with Gasteiger partial charge in [0.1, 0.15) is 11.1 Å². The minimum absolute atomic E-state index is 0.109. The smallest absolute Gasteiger partial charge is 0.267 e. The van der Waals surface area contributed by atoms with Gasteiger partial charge in [-0.3, -0.25) is 4.18 Å². The summed E-state index contributed by atoms with van der Waals surface area (Å²) >= 11 is 1.59. The van der Waals surface area contributed by atoms with Crippen LogP contribution >= 0.6 is 11.3 Å². The third-order valence-corrected chi connectivity index (χ3v) is 11.2. The molecular formula is C29H34N6O6S2. The molecule has 3 aliphatic rings. The van der Waals surface area contributed by atoms with Crippen LogP contribution in [0, 0.1) is 16.7 Å². The highest BCUT2D eigenvalue weighted by Gasteiger charge is 2.49. The molecule has 1 spiro atoms. The first-order chi connectivity index (χ1) is 20.6. The standard InChI is InChI=1S/C29H34N6O6S2/c1-35(2)17-31-27-19(14-30)23-20(42-27)8-6-10-29(23)9-5-7-18-24(34-41-25(18)29)26-32-21(38-3)13-22(33-26)40-15-28(11-12-28)16-43(36,37)39-4/h13,17H,5-12,15-16H2,1-4H3/t29-/m0/s1. The lowest BCUT2D eigenvalue weighted by molar-refractivity contribution is 0.234. The number of nitriles is 1. The molecule has 0 radical (unpaired) electrons. The molecule has 3 aliphatic carbocycles. The van der Waals surface area contributed by atoms with Gasteiger partial charge in [0.05, 0.1) is 50.0 Å². The minimum Gasteiger partial charge on any atom is -0.481 e. The number of ether oxygens (including phenoxy) is 2. The molecule has 0 amide bonds. The van der Waals surface area contributed by atoms with E-state index < -0.39 is 20.9 Å². The number of hydrogen-bond donors (Lipinski definition) is 0. The van der Waals surface area contributed by atoms with Gasteiger partial charge in [0.15, 0.2) is 17.3 Å². The van der Waals surface area contributed by atoms with Crippen molar-refractivity contribution >= 4 is 32.8 Å². The molecule has 12 nitrogen and oxygen atoms in total. The zero-order valence-electron chi connectivity index (χ0n) is 24.7. The zero-order valence-corrected chi connectivity index (χ0v) is 26.3. The molecule has 3 heterocycles. The lowest BCUT2D eigenvalue weighted by Crippen LogP contribution is -2.35. The third kappa shape index (κ3) is 5.49. The first-order valence-corrected chi connectivity index (χ1v) is 16.6. The van der Waals surface area contributed by atoms with Crippen LogP contribution in [0.3, 0.4) is 0 Å². The summed E-state index contributed by atoms with van der Waals surface area (Å²) in [5, 5.41) is 15.5. The molecule has 228 valence electrons. The lowest BCUT2D eigenvalue weighted by atomic mass is 9.63. The van der Waals surface area contributed by atoms with Gasteiger partial charge in [0, 0.05) is 30.0 Å². The van der Waals surface area contributed by atoms with Gasteiger partial charge < -0.3 is 18.9 Å². The number of methoxy groups -OCH3 is 1. The fraction of sp³-hybridized carbons (Fsp3) is 0.552. The normalized spacial score (nSPS) is 20.4. The van der Waals surface area contributed by atoms with E-state index in [1.54, 1.807) is 23.7 Å². The van der Waals surface area contributed by atoms with Gasteiger partial charge in [0.2, 0.25) is 11.8 Å². The van der Waals surface area contributed by atoms with Crippen LogP contribution in [0.1, 0.15) is 65.9 Å². The minimum atomic E-state index is -3.62. The first-order valence-electron chi connectivity index (χ1n) is 14.2. The summed E-state index contributed by atoms with van der Waals surface area (Å²) in [6.45, 7) is 0.172. The second-order valence-electron chi connectivity index (χ2n) is 11.8. The number of aromatic nitrogens is 3. The number of aliphatic imine (C=N–C) groups is 1. The van der Waals surface area contributed by atoms with E-state index in [0.29, 0.717) is 23.0 Å². The highest BCUT2D eigenvalue weighted by molar-refractivity contribution is 7.86. The Balaban J connectivity index is 1.36. The molecule has 1 fully saturated rings. The molecule has 1 atom stereocenters. The topological polar surface area (TPSA) is 153 Å². The monoisotopic (exact) mass is 626 g/mol. The van der Waals surface area contributed by atoms with E-state index in [-0.39, 0.29) is 18.2 Å². The Morgan fingerprint density at radius 1 is 1.16 bits per heavy atom. The number of nitrogens with zero attached hydrogens (tertiary/aromatic N) is 6. The van der Waals surface area contributed by atoms with Crippen molar-refractivity contribution in [3.05, 3.63) is 33.4 Å². The van der Waals surface area contributed by atoms with Crippen LogP contribution in [0.2, 0.25) is 0 Å². The van der Waals surface area contributed by atoms with Crippen LogP contribution in [0.15, 0.2) is 15.6 Å². The SMILES string of the molecule is COc1cc(OCC2(CS(=O)(=O)OC)CC2)nc(-c2noc3c2CCC[C@@]32CCCc3sc(N=CN(C)C)c(C#N)c32)n1. The van der Waals surface area contributed by atoms with Crippen molar-refractivity contribution in [2.24, 2.45) is 10.4 Å². The largest absolute Gasteiger partial charge is 0.481 e. The van der Waals surface area contributed by atoms with Gasteiger partial charge in [-0.15, -0.1) is 11.3 Å². The van der Waals surface area contributed by atoms with Gasteiger partial charge in [-0.05, 0) is 56.9 Å². The van der Waals surface area contributed by atoms with Crippen LogP contribution in [-0.2, 0) is 32.6 Å². The fourth-order valence-electron chi connectivity index (χ4n) is 6.29.